The standard InChI is InChI=1S/C13H15ClN4OS/c1-3-15-12-10(14)4-9(6-17-12)13(19)18-7-11-16-5-8(2)20-11/h4-6H,3,7H2,1-2H3,(H,15,17)(H,18,19). The van der Waals surface area contributed by atoms with Gasteiger partial charge in [0.15, 0.2) is 0 Å². The van der Waals surface area contributed by atoms with E-state index in [1.54, 1.807) is 23.6 Å². The monoisotopic (exact) mass is 310 g/mol. The highest BCUT2D eigenvalue weighted by Gasteiger charge is 2.10. The summed E-state index contributed by atoms with van der Waals surface area (Å²) in [5.74, 6) is 0.372. The largest absolute Gasteiger partial charge is 0.369 e. The number of pyridine rings is 1. The minimum atomic E-state index is -0.213. The molecular weight excluding hydrogens is 296 g/mol. The fraction of sp³-hybridized carbons (Fsp3) is 0.308. The Morgan fingerprint density at radius 2 is 2.20 bits per heavy atom. The van der Waals surface area contributed by atoms with Crippen molar-refractivity contribution in [1.29, 1.82) is 0 Å². The first-order chi connectivity index (χ1) is 9.60. The van der Waals surface area contributed by atoms with Gasteiger partial charge in [0.05, 0.1) is 17.1 Å². The second-order valence-corrected chi connectivity index (χ2v) is 5.86. The van der Waals surface area contributed by atoms with Crippen LogP contribution in [0.3, 0.4) is 0 Å². The van der Waals surface area contributed by atoms with Gasteiger partial charge < -0.3 is 10.6 Å². The Balaban J connectivity index is 2.00. The van der Waals surface area contributed by atoms with Crippen LogP contribution in [-0.2, 0) is 6.54 Å². The van der Waals surface area contributed by atoms with Crippen LogP contribution in [0.1, 0.15) is 27.2 Å². The van der Waals surface area contributed by atoms with Crippen molar-refractivity contribution in [3.05, 3.63) is 38.9 Å². The van der Waals surface area contributed by atoms with Gasteiger partial charge in [0.2, 0.25) is 0 Å². The van der Waals surface area contributed by atoms with Gasteiger partial charge >= 0.3 is 0 Å². The van der Waals surface area contributed by atoms with E-state index in [9.17, 15) is 4.79 Å². The SMILES string of the molecule is CCNc1ncc(C(=O)NCc2ncc(C)s2)cc1Cl. The molecule has 0 bridgehead atoms. The molecule has 2 aromatic heterocycles. The van der Waals surface area contributed by atoms with Crippen molar-refractivity contribution in [1.82, 2.24) is 15.3 Å². The first-order valence-corrected chi connectivity index (χ1v) is 7.38. The topological polar surface area (TPSA) is 66.9 Å². The molecule has 0 atom stereocenters. The van der Waals surface area contributed by atoms with Gasteiger partial charge in [0.25, 0.3) is 5.91 Å². The summed E-state index contributed by atoms with van der Waals surface area (Å²) in [5.41, 5.74) is 0.435. The molecule has 0 aliphatic rings. The molecule has 2 N–H and O–H groups in total. The number of thiazole rings is 1. The number of halogens is 1. The van der Waals surface area contributed by atoms with E-state index < -0.39 is 0 Å². The van der Waals surface area contributed by atoms with Crippen molar-refractivity contribution in [2.24, 2.45) is 0 Å². The zero-order valence-electron chi connectivity index (χ0n) is 11.2. The number of anilines is 1. The number of nitrogens with one attached hydrogen (secondary N) is 2. The summed E-state index contributed by atoms with van der Waals surface area (Å²) in [6.45, 7) is 5.06. The molecule has 0 saturated carbocycles. The Kier molecular flexibility index (Phi) is 4.92. The van der Waals surface area contributed by atoms with Crippen molar-refractivity contribution >= 4 is 34.7 Å². The van der Waals surface area contributed by atoms with E-state index >= 15 is 0 Å². The highest BCUT2D eigenvalue weighted by atomic mass is 35.5. The van der Waals surface area contributed by atoms with Crippen LogP contribution >= 0.6 is 22.9 Å². The fourth-order valence-electron chi connectivity index (χ4n) is 1.60. The molecule has 2 heterocycles. The van der Waals surface area contributed by atoms with E-state index in [0.717, 1.165) is 16.4 Å². The van der Waals surface area contributed by atoms with Gasteiger partial charge in [0, 0.05) is 23.8 Å². The van der Waals surface area contributed by atoms with Crippen molar-refractivity contribution in [3.8, 4) is 0 Å². The summed E-state index contributed by atoms with van der Waals surface area (Å²) >= 11 is 7.62. The Bertz CT molecular complexity index is 614. The van der Waals surface area contributed by atoms with Crippen molar-refractivity contribution in [2.75, 3.05) is 11.9 Å². The van der Waals surface area contributed by atoms with Gasteiger partial charge in [-0.15, -0.1) is 11.3 Å². The van der Waals surface area contributed by atoms with Gasteiger partial charge in [0.1, 0.15) is 10.8 Å². The Hall–Kier alpha value is -1.66. The second-order valence-electron chi connectivity index (χ2n) is 4.13. The maximum atomic E-state index is 12.0. The minimum absolute atomic E-state index is 0.213. The van der Waals surface area contributed by atoms with E-state index in [-0.39, 0.29) is 5.91 Å². The molecule has 0 aromatic carbocycles. The van der Waals surface area contributed by atoms with Crippen LogP contribution < -0.4 is 10.6 Å². The molecule has 0 spiro atoms. The van der Waals surface area contributed by atoms with Crippen molar-refractivity contribution < 1.29 is 4.79 Å². The lowest BCUT2D eigenvalue weighted by atomic mass is 10.2. The number of aryl methyl sites for hydroxylation is 1. The third-order valence-electron chi connectivity index (χ3n) is 2.52. The first kappa shape index (κ1) is 14.7. The van der Waals surface area contributed by atoms with Crippen LogP contribution in [0.5, 0.6) is 0 Å². The lowest BCUT2D eigenvalue weighted by molar-refractivity contribution is 0.0950. The van der Waals surface area contributed by atoms with E-state index in [4.69, 9.17) is 11.6 Å². The zero-order chi connectivity index (χ0) is 14.5. The number of rotatable bonds is 5. The number of carbonyl (C=O) groups is 1. The Labute approximate surface area is 126 Å². The second kappa shape index (κ2) is 6.67. The van der Waals surface area contributed by atoms with Gasteiger partial charge in [-0.3, -0.25) is 4.79 Å². The molecule has 0 unspecified atom stereocenters. The third kappa shape index (κ3) is 3.68. The van der Waals surface area contributed by atoms with Crippen LogP contribution in [0.25, 0.3) is 0 Å². The molecule has 0 saturated heterocycles. The van der Waals surface area contributed by atoms with Gasteiger partial charge in [-0.25, -0.2) is 9.97 Å². The average molecular weight is 311 g/mol. The number of carbonyl (C=O) groups excluding carboxylic acids is 1. The zero-order valence-corrected chi connectivity index (χ0v) is 12.8. The summed E-state index contributed by atoms with van der Waals surface area (Å²) in [6.07, 6.45) is 3.29. The molecule has 106 valence electrons. The Morgan fingerprint density at radius 1 is 1.40 bits per heavy atom. The summed E-state index contributed by atoms with van der Waals surface area (Å²) in [7, 11) is 0. The molecule has 5 nitrogen and oxygen atoms in total. The predicted octanol–water partition coefficient (Wildman–Crippen LogP) is 2.86. The van der Waals surface area contributed by atoms with Crippen LogP contribution in [-0.4, -0.2) is 22.4 Å². The van der Waals surface area contributed by atoms with E-state index in [1.165, 1.54) is 6.20 Å². The lowest BCUT2D eigenvalue weighted by Gasteiger charge is -2.07. The number of aromatic nitrogens is 2. The molecule has 20 heavy (non-hydrogen) atoms. The molecule has 1 amide bonds. The molecule has 0 aliphatic heterocycles. The molecule has 2 aromatic rings. The number of hydrogen-bond donors (Lipinski definition) is 2. The third-order valence-corrected chi connectivity index (χ3v) is 3.72. The number of nitrogens with zero attached hydrogens (tertiary/aromatic N) is 2. The summed E-state index contributed by atoms with van der Waals surface area (Å²) in [4.78, 5) is 21.4. The molecule has 0 radical (unpaired) electrons. The first-order valence-electron chi connectivity index (χ1n) is 6.19. The minimum Gasteiger partial charge on any atom is -0.369 e. The normalized spacial score (nSPS) is 10.3. The molecule has 2 rings (SSSR count). The highest BCUT2D eigenvalue weighted by molar-refractivity contribution is 7.11. The maximum Gasteiger partial charge on any atom is 0.253 e. The van der Waals surface area contributed by atoms with E-state index in [1.807, 2.05) is 13.8 Å². The van der Waals surface area contributed by atoms with E-state index in [2.05, 4.69) is 20.6 Å². The molecule has 0 fully saturated rings. The quantitative estimate of drug-likeness (QED) is 0.891. The molecular formula is C13H15ClN4OS. The van der Waals surface area contributed by atoms with Crippen molar-refractivity contribution in [2.45, 2.75) is 20.4 Å². The highest BCUT2D eigenvalue weighted by Crippen LogP contribution is 2.20. The summed E-state index contributed by atoms with van der Waals surface area (Å²) in [6, 6.07) is 1.61. The average Bonchev–Trinajstić information content (AvgIpc) is 2.84. The van der Waals surface area contributed by atoms with Crippen LogP contribution in [0, 0.1) is 6.92 Å². The summed E-state index contributed by atoms with van der Waals surface area (Å²) in [5, 5.41) is 7.13. The summed E-state index contributed by atoms with van der Waals surface area (Å²) < 4.78 is 0. The Morgan fingerprint density at radius 3 is 2.80 bits per heavy atom. The van der Waals surface area contributed by atoms with Gasteiger partial charge in [-0.1, -0.05) is 11.6 Å². The van der Waals surface area contributed by atoms with Gasteiger partial charge in [-0.2, -0.15) is 0 Å². The predicted molar refractivity (Wildman–Crippen MR) is 81.4 cm³/mol. The molecule has 0 aliphatic carbocycles. The smallest absolute Gasteiger partial charge is 0.253 e. The number of hydrogen-bond acceptors (Lipinski definition) is 5. The van der Waals surface area contributed by atoms with Crippen LogP contribution in [0.15, 0.2) is 18.5 Å². The molecule has 7 heteroatoms. The van der Waals surface area contributed by atoms with Crippen LogP contribution in [0.2, 0.25) is 5.02 Å². The lowest BCUT2D eigenvalue weighted by Crippen LogP contribution is -2.23. The van der Waals surface area contributed by atoms with Crippen LogP contribution in [0.4, 0.5) is 5.82 Å². The number of amides is 1. The van der Waals surface area contributed by atoms with E-state index in [0.29, 0.717) is 22.9 Å². The maximum absolute atomic E-state index is 12.0. The van der Waals surface area contributed by atoms with Gasteiger partial charge in [-0.05, 0) is 19.9 Å². The fourth-order valence-corrected chi connectivity index (χ4v) is 2.56. The van der Waals surface area contributed by atoms with Crippen molar-refractivity contribution in [3.63, 3.8) is 0 Å².